The monoisotopic (exact) mass is 431 g/mol. The van der Waals surface area contributed by atoms with Crippen LogP contribution in [-0.4, -0.2) is 0 Å². The molecule has 0 saturated carbocycles. The highest BCUT2D eigenvalue weighted by Gasteiger charge is 2.21. The van der Waals surface area contributed by atoms with Gasteiger partial charge in [0, 0.05) is 5.69 Å². The van der Waals surface area contributed by atoms with Gasteiger partial charge in [-0.15, -0.1) is 0 Å². The Bertz CT molecular complexity index is 855. The second kappa shape index (κ2) is 10.9. The average molecular weight is 432 g/mol. The van der Waals surface area contributed by atoms with Crippen LogP contribution in [0.25, 0.3) is 0 Å². The SMILES string of the molecule is CC(C)C.Cc1ccc(N/C(N)=C(\N)Sc2cc(C(C)(C)C)c(C)o2)c(C(C)C)c1. The van der Waals surface area contributed by atoms with E-state index in [0.717, 1.165) is 22.5 Å². The molecule has 2 aromatic rings. The van der Waals surface area contributed by atoms with Gasteiger partial charge in [-0.25, -0.2) is 0 Å². The largest absolute Gasteiger partial charge is 0.454 e. The van der Waals surface area contributed by atoms with Crippen molar-refractivity contribution in [2.75, 3.05) is 5.32 Å². The van der Waals surface area contributed by atoms with Gasteiger partial charge in [0.1, 0.15) is 16.6 Å². The van der Waals surface area contributed by atoms with E-state index in [-0.39, 0.29) is 5.41 Å². The van der Waals surface area contributed by atoms with Crippen LogP contribution in [0.5, 0.6) is 0 Å². The first-order valence-corrected chi connectivity index (χ1v) is 11.5. The predicted molar refractivity (Wildman–Crippen MR) is 133 cm³/mol. The minimum Gasteiger partial charge on any atom is -0.454 e. The molecule has 1 aromatic heterocycles. The molecule has 0 aliphatic carbocycles. The lowest BCUT2D eigenvalue weighted by atomic mass is 9.87. The Hall–Kier alpha value is -2.01. The average Bonchev–Trinajstić information content (AvgIpc) is 2.96. The lowest BCUT2D eigenvalue weighted by Crippen LogP contribution is -2.16. The number of hydrogen-bond donors (Lipinski definition) is 3. The van der Waals surface area contributed by atoms with Crippen molar-refractivity contribution in [1.29, 1.82) is 0 Å². The molecule has 30 heavy (non-hydrogen) atoms. The van der Waals surface area contributed by atoms with Crippen LogP contribution < -0.4 is 16.8 Å². The fourth-order valence-corrected chi connectivity index (χ4v) is 3.61. The highest BCUT2D eigenvalue weighted by molar-refractivity contribution is 8.02. The summed E-state index contributed by atoms with van der Waals surface area (Å²) in [5.74, 6) is 2.58. The van der Waals surface area contributed by atoms with Gasteiger partial charge in [0.15, 0.2) is 5.09 Å². The third-order valence-corrected chi connectivity index (χ3v) is 5.12. The number of benzene rings is 1. The van der Waals surface area contributed by atoms with Gasteiger partial charge >= 0.3 is 0 Å². The minimum atomic E-state index is 0.0305. The summed E-state index contributed by atoms with van der Waals surface area (Å²) >= 11 is 1.34. The van der Waals surface area contributed by atoms with Gasteiger partial charge < -0.3 is 21.2 Å². The van der Waals surface area contributed by atoms with E-state index >= 15 is 0 Å². The van der Waals surface area contributed by atoms with Crippen LogP contribution in [0.4, 0.5) is 5.69 Å². The molecule has 4 nitrogen and oxygen atoms in total. The van der Waals surface area contributed by atoms with E-state index in [2.05, 4.69) is 79.8 Å². The Labute approximate surface area is 187 Å². The zero-order valence-electron chi connectivity index (χ0n) is 20.4. The molecule has 1 heterocycles. The number of anilines is 1. The van der Waals surface area contributed by atoms with E-state index in [1.54, 1.807) is 0 Å². The molecule has 0 aliphatic rings. The molecular formula is C25H41N3OS. The van der Waals surface area contributed by atoms with Crippen LogP contribution in [0.15, 0.2) is 44.6 Å². The normalized spacial score (nSPS) is 12.5. The second-order valence-corrected chi connectivity index (χ2v) is 10.8. The van der Waals surface area contributed by atoms with Gasteiger partial charge in [-0.05, 0) is 66.1 Å². The molecule has 0 unspecified atom stereocenters. The second-order valence-electron chi connectivity index (χ2n) is 9.77. The molecule has 2 rings (SSSR count). The molecule has 0 amide bonds. The summed E-state index contributed by atoms with van der Waals surface area (Å²) in [5, 5.41) is 4.51. The number of hydrogen-bond acceptors (Lipinski definition) is 5. The lowest BCUT2D eigenvalue weighted by molar-refractivity contribution is 0.440. The van der Waals surface area contributed by atoms with Crippen LogP contribution in [0.3, 0.4) is 0 Å². The Morgan fingerprint density at radius 3 is 2.03 bits per heavy atom. The summed E-state index contributed by atoms with van der Waals surface area (Å²) in [7, 11) is 0. The van der Waals surface area contributed by atoms with Gasteiger partial charge in [-0.3, -0.25) is 0 Å². The summed E-state index contributed by atoms with van der Waals surface area (Å²) < 4.78 is 5.86. The van der Waals surface area contributed by atoms with E-state index in [1.165, 1.54) is 28.5 Å². The first-order chi connectivity index (χ1) is 13.7. The summed E-state index contributed by atoms with van der Waals surface area (Å²) in [4.78, 5) is 0. The molecule has 0 aliphatic heterocycles. The van der Waals surface area contributed by atoms with Crippen molar-refractivity contribution in [2.45, 2.75) is 85.7 Å². The summed E-state index contributed by atoms with van der Waals surface area (Å²) in [5.41, 5.74) is 17.1. The highest BCUT2D eigenvalue weighted by Crippen LogP contribution is 2.35. The molecule has 5 N–H and O–H groups in total. The van der Waals surface area contributed by atoms with E-state index in [9.17, 15) is 0 Å². The molecule has 0 saturated heterocycles. The number of nitrogens with two attached hydrogens (primary N) is 2. The molecule has 1 aromatic carbocycles. The first-order valence-electron chi connectivity index (χ1n) is 10.6. The van der Waals surface area contributed by atoms with E-state index < -0.39 is 0 Å². The number of furan rings is 1. The standard InChI is InChI=1S/C21H31N3OS.C4H10/c1-12(2)15-10-13(3)8-9-17(15)24-19(22)20(23)26-18-11-16(14(4)25-18)21(5,6)7;1-4(2)3/h8-12,24H,22-23H2,1-7H3;4H,1-3H3/b20-19+;. The Morgan fingerprint density at radius 2 is 1.57 bits per heavy atom. The van der Waals surface area contributed by atoms with E-state index in [1.807, 2.05) is 19.1 Å². The third kappa shape index (κ3) is 8.02. The zero-order chi connectivity index (χ0) is 23.2. The zero-order valence-corrected chi connectivity index (χ0v) is 21.3. The lowest BCUT2D eigenvalue weighted by Gasteiger charge is -2.17. The van der Waals surface area contributed by atoms with Crippen molar-refractivity contribution in [3.05, 3.63) is 57.6 Å². The van der Waals surface area contributed by atoms with Crippen LogP contribution in [0.1, 0.15) is 83.8 Å². The highest BCUT2D eigenvalue weighted by atomic mass is 32.2. The van der Waals surface area contributed by atoms with Crippen molar-refractivity contribution in [3.8, 4) is 0 Å². The van der Waals surface area contributed by atoms with Gasteiger partial charge in [0.25, 0.3) is 0 Å². The molecule has 5 heteroatoms. The molecule has 168 valence electrons. The maximum absolute atomic E-state index is 6.22. The van der Waals surface area contributed by atoms with Crippen LogP contribution in [0.2, 0.25) is 0 Å². The smallest absolute Gasteiger partial charge is 0.167 e. The van der Waals surface area contributed by atoms with Gasteiger partial charge in [-0.1, -0.05) is 73.1 Å². The van der Waals surface area contributed by atoms with Crippen molar-refractivity contribution in [1.82, 2.24) is 0 Å². The van der Waals surface area contributed by atoms with Gasteiger partial charge in [-0.2, -0.15) is 0 Å². The Morgan fingerprint density at radius 1 is 1.00 bits per heavy atom. The van der Waals surface area contributed by atoms with E-state index in [0.29, 0.717) is 16.8 Å². The first kappa shape index (κ1) is 26.0. The van der Waals surface area contributed by atoms with Crippen molar-refractivity contribution >= 4 is 17.4 Å². The summed E-state index contributed by atoms with van der Waals surface area (Å²) in [6, 6.07) is 8.33. The van der Waals surface area contributed by atoms with Crippen molar-refractivity contribution in [2.24, 2.45) is 17.4 Å². The molecule has 0 atom stereocenters. The maximum atomic E-state index is 6.22. The summed E-state index contributed by atoms with van der Waals surface area (Å²) in [6.45, 7) is 21.4. The van der Waals surface area contributed by atoms with Crippen LogP contribution in [0, 0.1) is 19.8 Å². The number of nitrogens with one attached hydrogen (secondary N) is 1. The van der Waals surface area contributed by atoms with Crippen molar-refractivity contribution < 1.29 is 4.42 Å². The molecular weight excluding hydrogens is 390 g/mol. The number of rotatable bonds is 5. The molecule has 0 fully saturated rings. The Kier molecular flexibility index (Phi) is 9.41. The summed E-state index contributed by atoms with van der Waals surface area (Å²) in [6.07, 6.45) is 0. The fourth-order valence-electron chi connectivity index (χ4n) is 2.89. The van der Waals surface area contributed by atoms with E-state index in [4.69, 9.17) is 15.9 Å². The molecule has 0 bridgehead atoms. The fraction of sp³-hybridized carbons (Fsp3) is 0.520. The topological polar surface area (TPSA) is 77.2 Å². The Balaban J connectivity index is 0.00000103. The quantitative estimate of drug-likeness (QED) is 0.435. The number of aryl methyl sites for hydroxylation is 2. The van der Waals surface area contributed by atoms with Crippen LogP contribution in [-0.2, 0) is 5.41 Å². The molecule has 0 radical (unpaired) electrons. The van der Waals surface area contributed by atoms with Crippen molar-refractivity contribution in [3.63, 3.8) is 0 Å². The van der Waals surface area contributed by atoms with Gasteiger partial charge in [0.05, 0.1) is 0 Å². The maximum Gasteiger partial charge on any atom is 0.167 e. The predicted octanol–water partition coefficient (Wildman–Crippen LogP) is 7.23. The minimum absolute atomic E-state index is 0.0305. The third-order valence-electron chi connectivity index (χ3n) is 4.28. The van der Waals surface area contributed by atoms with Crippen LogP contribution >= 0.6 is 11.8 Å². The van der Waals surface area contributed by atoms with Gasteiger partial charge in [0.2, 0.25) is 0 Å². The molecule has 0 spiro atoms. The number of thioether (sulfide) groups is 1.